The molecule has 0 atom stereocenters. The van der Waals surface area contributed by atoms with E-state index in [2.05, 4.69) is 15.4 Å². The second kappa shape index (κ2) is 5.33. The molecule has 94 valence electrons. The van der Waals surface area contributed by atoms with Gasteiger partial charge in [0.1, 0.15) is 5.82 Å². The number of rotatable bonds is 3. The smallest absolute Gasteiger partial charge is 0.163 e. The Morgan fingerprint density at radius 3 is 2.61 bits per heavy atom. The number of aromatic nitrogens is 2. The zero-order valence-corrected chi connectivity index (χ0v) is 11.1. The van der Waals surface area contributed by atoms with Crippen molar-refractivity contribution >= 4 is 17.4 Å². The summed E-state index contributed by atoms with van der Waals surface area (Å²) < 4.78 is 0. The first-order valence-electron chi connectivity index (χ1n) is 5.76. The van der Waals surface area contributed by atoms with Crippen LogP contribution in [0.15, 0.2) is 24.3 Å². The Hall–Kier alpha value is -1.65. The van der Waals surface area contributed by atoms with E-state index in [-0.39, 0.29) is 0 Å². The minimum atomic E-state index is 0.586. The van der Waals surface area contributed by atoms with Crippen LogP contribution in [0, 0.1) is 6.92 Å². The summed E-state index contributed by atoms with van der Waals surface area (Å²) in [5, 5.41) is 0.629. The zero-order chi connectivity index (χ0) is 13.1. The van der Waals surface area contributed by atoms with Gasteiger partial charge in [0.15, 0.2) is 5.82 Å². The van der Waals surface area contributed by atoms with Crippen LogP contribution >= 0.6 is 11.6 Å². The fraction of sp³-hybridized carbons (Fsp3) is 0.231. The number of nitrogens with two attached hydrogens (primary N) is 1. The maximum absolute atomic E-state index is 6.15. The van der Waals surface area contributed by atoms with Crippen molar-refractivity contribution in [2.45, 2.75) is 20.3 Å². The molecule has 0 bridgehead atoms. The van der Waals surface area contributed by atoms with Crippen molar-refractivity contribution in [2.24, 2.45) is 5.84 Å². The molecular formula is C13H15ClN4. The van der Waals surface area contributed by atoms with Gasteiger partial charge in [0.2, 0.25) is 0 Å². The Morgan fingerprint density at radius 1 is 1.28 bits per heavy atom. The topological polar surface area (TPSA) is 63.8 Å². The molecule has 0 fully saturated rings. The normalized spacial score (nSPS) is 10.4. The van der Waals surface area contributed by atoms with Crippen LogP contribution in [0.4, 0.5) is 5.82 Å². The summed E-state index contributed by atoms with van der Waals surface area (Å²) in [6.45, 7) is 3.99. The van der Waals surface area contributed by atoms with Gasteiger partial charge >= 0.3 is 0 Å². The first-order chi connectivity index (χ1) is 8.67. The first kappa shape index (κ1) is 12.8. The summed E-state index contributed by atoms with van der Waals surface area (Å²) in [5.41, 5.74) is 5.36. The third-order valence-electron chi connectivity index (χ3n) is 2.82. The molecule has 0 aliphatic rings. The maximum atomic E-state index is 6.15. The fourth-order valence-corrected chi connectivity index (χ4v) is 2.12. The monoisotopic (exact) mass is 262 g/mol. The lowest BCUT2D eigenvalue weighted by Crippen LogP contribution is -2.13. The van der Waals surface area contributed by atoms with E-state index in [1.807, 2.05) is 38.1 Å². The van der Waals surface area contributed by atoms with Crippen molar-refractivity contribution in [2.75, 3.05) is 5.43 Å². The zero-order valence-electron chi connectivity index (χ0n) is 10.4. The molecule has 1 aromatic heterocycles. The van der Waals surface area contributed by atoms with Crippen LogP contribution in [0.5, 0.6) is 0 Å². The number of nitrogens with zero attached hydrogens (tertiary/aromatic N) is 2. The molecule has 0 aliphatic heterocycles. The van der Waals surface area contributed by atoms with Crippen LogP contribution in [0.3, 0.4) is 0 Å². The maximum Gasteiger partial charge on any atom is 0.163 e. The molecule has 0 amide bonds. The third-order valence-corrected chi connectivity index (χ3v) is 3.15. The van der Waals surface area contributed by atoms with Crippen molar-refractivity contribution in [3.63, 3.8) is 0 Å². The van der Waals surface area contributed by atoms with E-state index in [0.717, 1.165) is 23.2 Å². The summed E-state index contributed by atoms with van der Waals surface area (Å²) in [5.74, 6) is 6.75. The van der Waals surface area contributed by atoms with Crippen LogP contribution in [0.25, 0.3) is 11.4 Å². The Morgan fingerprint density at radius 2 is 2.00 bits per heavy atom. The van der Waals surface area contributed by atoms with Gasteiger partial charge in [-0.3, -0.25) is 0 Å². The molecule has 0 unspecified atom stereocenters. The van der Waals surface area contributed by atoms with E-state index < -0.39 is 0 Å². The summed E-state index contributed by atoms with van der Waals surface area (Å²) in [4.78, 5) is 8.91. The lowest BCUT2D eigenvalue weighted by molar-refractivity contribution is 0.995. The van der Waals surface area contributed by atoms with Crippen molar-refractivity contribution < 1.29 is 0 Å². The molecular weight excluding hydrogens is 248 g/mol. The van der Waals surface area contributed by atoms with Crippen molar-refractivity contribution in [3.05, 3.63) is 40.5 Å². The molecule has 1 aromatic carbocycles. The summed E-state index contributed by atoms with van der Waals surface area (Å²) in [6, 6.07) is 7.49. The highest BCUT2D eigenvalue weighted by atomic mass is 35.5. The molecule has 0 radical (unpaired) electrons. The van der Waals surface area contributed by atoms with E-state index in [1.54, 1.807) is 0 Å². The Kier molecular flexibility index (Phi) is 3.79. The number of hydrogen-bond donors (Lipinski definition) is 2. The molecule has 4 nitrogen and oxygen atoms in total. The molecule has 0 saturated heterocycles. The van der Waals surface area contributed by atoms with E-state index in [4.69, 9.17) is 17.4 Å². The highest BCUT2D eigenvalue weighted by molar-refractivity contribution is 6.33. The summed E-state index contributed by atoms with van der Waals surface area (Å²) >= 11 is 6.15. The second-order valence-corrected chi connectivity index (χ2v) is 4.34. The highest BCUT2D eigenvalue weighted by Gasteiger charge is 2.12. The van der Waals surface area contributed by atoms with Gasteiger partial charge in [0.25, 0.3) is 0 Å². The number of hydrazine groups is 1. The SMILES string of the molecule is CCc1c(C)nc(-c2ccccc2Cl)nc1NN. The number of nitrogens with one attached hydrogen (secondary N) is 1. The van der Waals surface area contributed by atoms with E-state index in [1.165, 1.54) is 0 Å². The van der Waals surface area contributed by atoms with Gasteiger partial charge in [-0.2, -0.15) is 0 Å². The number of halogens is 1. The number of nitrogen functional groups attached to an aromatic ring is 1. The van der Waals surface area contributed by atoms with Gasteiger partial charge in [-0.15, -0.1) is 0 Å². The van der Waals surface area contributed by atoms with Crippen molar-refractivity contribution in [3.8, 4) is 11.4 Å². The third kappa shape index (κ3) is 2.30. The van der Waals surface area contributed by atoms with Gasteiger partial charge in [-0.25, -0.2) is 15.8 Å². The average molecular weight is 263 g/mol. The van der Waals surface area contributed by atoms with Crippen LogP contribution < -0.4 is 11.3 Å². The van der Waals surface area contributed by atoms with Gasteiger partial charge in [-0.05, 0) is 25.5 Å². The van der Waals surface area contributed by atoms with Gasteiger partial charge in [0.05, 0.1) is 5.02 Å². The minimum Gasteiger partial charge on any atom is -0.308 e. The quantitative estimate of drug-likeness (QED) is 0.659. The predicted molar refractivity (Wildman–Crippen MR) is 74.4 cm³/mol. The Bertz CT molecular complexity index is 569. The fourth-order valence-electron chi connectivity index (χ4n) is 1.90. The molecule has 2 aromatic rings. The first-order valence-corrected chi connectivity index (χ1v) is 6.14. The standard InChI is InChI=1S/C13H15ClN4/c1-3-9-8(2)16-12(17-13(9)18-15)10-6-4-5-7-11(10)14/h4-7H,3,15H2,1-2H3,(H,16,17,18). The predicted octanol–water partition coefficient (Wildman–Crippen LogP) is 2.95. The number of hydrogen-bond acceptors (Lipinski definition) is 4. The van der Waals surface area contributed by atoms with E-state index in [0.29, 0.717) is 16.7 Å². The molecule has 3 N–H and O–H groups in total. The minimum absolute atomic E-state index is 0.586. The molecule has 0 aliphatic carbocycles. The molecule has 0 spiro atoms. The second-order valence-electron chi connectivity index (χ2n) is 3.94. The number of anilines is 1. The van der Waals surface area contributed by atoms with Gasteiger partial charge in [-0.1, -0.05) is 30.7 Å². The lowest BCUT2D eigenvalue weighted by atomic mass is 10.1. The summed E-state index contributed by atoms with van der Waals surface area (Å²) in [7, 11) is 0. The highest BCUT2D eigenvalue weighted by Crippen LogP contribution is 2.27. The number of benzene rings is 1. The van der Waals surface area contributed by atoms with Crippen molar-refractivity contribution in [1.82, 2.24) is 9.97 Å². The van der Waals surface area contributed by atoms with Gasteiger partial charge < -0.3 is 5.43 Å². The molecule has 1 heterocycles. The molecule has 2 rings (SSSR count). The van der Waals surface area contributed by atoms with E-state index in [9.17, 15) is 0 Å². The van der Waals surface area contributed by atoms with Crippen LogP contribution in [-0.2, 0) is 6.42 Å². The average Bonchev–Trinajstić information content (AvgIpc) is 2.38. The van der Waals surface area contributed by atoms with E-state index >= 15 is 0 Å². The largest absolute Gasteiger partial charge is 0.308 e. The Balaban J connectivity index is 2.60. The van der Waals surface area contributed by atoms with Crippen LogP contribution in [-0.4, -0.2) is 9.97 Å². The molecule has 0 saturated carbocycles. The molecule has 5 heteroatoms. The molecule has 18 heavy (non-hydrogen) atoms. The number of aryl methyl sites for hydroxylation is 1. The van der Waals surface area contributed by atoms with Gasteiger partial charge in [0, 0.05) is 16.8 Å². The Labute approximate surface area is 111 Å². The van der Waals surface area contributed by atoms with Crippen LogP contribution in [0.1, 0.15) is 18.2 Å². The van der Waals surface area contributed by atoms with Crippen molar-refractivity contribution in [1.29, 1.82) is 0 Å². The van der Waals surface area contributed by atoms with Crippen LogP contribution in [0.2, 0.25) is 5.02 Å². The summed E-state index contributed by atoms with van der Waals surface area (Å²) in [6.07, 6.45) is 0.828. The lowest BCUT2D eigenvalue weighted by Gasteiger charge is -2.11.